The number of nitrogens with one attached hydrogen (secondary N) is 1. The maximum atomic E-state index is 12.8. The summed E-state index contributed by atoms with van der Waals surface area (Å²) in [5, 5.41) is 3.69. The number of piperazine rings is 1. The fraction of sp³-hybridized carbons (Fsp3) is 1.00. The summed E-state index contributed by atoms with van der Waals surface area (Å²) in [5.74, 6) is 0. The molecule has 0 amide bonds. The van der Waals surface area contributed by atoms with Gasteiger partial charge in [0.15, 0.2) is 0 Å². The van der Waals surface area contributed by atoms with E-state index in [0.29, 0.717) is 0 Å². The number of hydrogen-bond donors (Lipinski definition) is 1. The Balaban J connectivity index is 2.09. The van der Waals surface area contributed by atoms with Crippen LogP contribution in [-0.4, -0.2) is 42.0 Å². The molecule has 106 valence electrons. The lowest BCUT2D eigenvalue weighted by Gasteiger charge is -2.54. The molecule has 4 heteroatoms. The molecule has 0 aromatic heterocycles. The van der Waals surface area contributed by atoms with E-state index in [1.54, 1.807) is 0 Å². The van der Waals surface area contributed by atoms with Crippen LogP contribution in [0.5, 0.6) is 0 Å². The summed E-state index contributed by atoms with van der Waals surface area (Å²) in [6.07, 6.45) is 4.75. The zero-order valence-electron chi connectivity index (χ0n) is 11.6. The van der Waals surface area contributed by atoms with Gasteiger partial charge in [0.1, 0.15) is 0 Å². The van der Waals surface area contributed by atoms with E-state index in [1.807, 2.05) is 4.90 Å². The SMILES string of the molecule is CCC1(C)CNC2(CCCCC2)CN1CC(F)F. The van der Waals surface area contributed by atoms with Gasteiger partial charge in [-0.1, -0.05) is 26.2 Å². The van der Waals surface area contributed by atoms with Gasteiger partial charge >= 0.3 is 0 Å². The average molecular weight is 260 g/mol. The number of nitrogens with zero attached hydrogens (tertiary/aromatic N) is 1. The first-order valence-electron chi connectivity index (χ1n) is 7.28. The van der Waals surface area contributed by atoms with Crippen molar-refractivity contribution in [2.75, 3.05) is 19.6 Å². The molecule has 0 bridgehead atoms. The highest BCUT2D eigenvalue weighted by atomic mass is 19.3. The van der Waals surface area contributed by atoms with Crippen molar-refractivity contribution in [2.24, 2.45) is 0 Å². The highest BCUT2D eigenvalue weighted by molar-refractivity contribution is 5.04. The molecule has 2 nitrogen and oxygen atoms in total. The van der Waals surface area contributed by atoms with Gasteiger partial charge in [0.2, 0.25) is 0 Å². The summed E-state index contributed by atoms with van der Waals surface area (Å²) < 4.78 is 25.6. The quantitative estimate of drug-likeness (QED) is 0.839. The summed E-state index contributed by atoms with van der Waals surface area (Å²) in [6.45, 7) is 5.77. The minimum Gasteiger partial charge on any atom is -0.308 e. The lowest BCUT2D eigenvalue weighted by atomic mass is 9.77. The van der Waals surface area contributed by atoms with E-state index in [1.165, 1.54) is 19.3 Å². The summed E-state index contributed by atoms with van der Waals surface area (Å²) in [5.41, 5.74) is 0.000940. The van der Waals surface area contributed by atoms with Gasteiger partial charge in [-0.3, -0.25) is 4.90 Å². The number of hydrogen-bond acceptors (Lipinski definition) is 2. The third kappa shape index (κ3) is 2.85. The number of alkyl halides is 2. The van der Waals surface area contributed by atoms with Crippen LogP contribution in [0.15, 0.2) is 0 Å². The highest BCUT2D eigenvalue weighted by Crippen LogP contribution is 2.35. The van der Waals surface area contributed by atoms with Gasteiger partial charge in [-0.2, -0.15) is 0 Å². The Labute approximate surface area is 109 Å². The molecule has 1 heterocycles. The largest absolute Gasteiger partial charge is 0.308 e. The minimum atomic E-state index is -2.23. The topological polar surface area (TPSA) is 15.3 Å². The van der Waals surface area contributed by atoms with Gasteiger partial charge in [-0.15, -0.1) is 0 Å². The maximum Gasteiger partial charge on any atom is 0.251 e. The average Bonchev–Trinajstić information content (AvgIpc) is 2.35. The van der Waals surface area contributed by atoms with Crippen molar-refractivity contribution >= 4 is 0 Å². The van der Waals surface area contributed by atoms with Crippen LogP contribution in [-0.2, 0) is 0 Å². The summed E-state index contributed by atoms with van der Waals surface area (Å²) in [7, 11) is 0. The Morgan fingerprint density at radius 2 is 1.89 bits per heavy atom. The molecule has 1 saturated heterocycles. The normalized spacial score (nSPS) is 33.2. The van der Waals surface area contributed by atoms with Gasteiger partial charge in [-0.25, -0.2) is 8.78 Å². The van der Waals surface area contributed by atoms with E-state index < -0.39 is 6.43 Å². The van der Waals surface area contributed by atoms with Crippen LogP contribution in [0.25, 0.3) is 0 Å². The molecular weight excluding hydrogens is 234 g/mol. The molecule has 0 aromatic carbocycles. The Morgan fingerprint density at radius 1 is 1.22 bits per heavy atom. The van der Waals surface area contributed by atoms with Crippen molar-refractivity contribution in [1.29, 1.82) is 0 Å². The first kappa shape index (κ1) is 14.2. The van der Waals surface area contributed by atoms with Crippen LogP contribution in [0.1, 0.15) is 52.4 Å². The second-order valence-corrected chi connectivity index (χ2v) is 6.32. The van der Waals surface area contributed by atoms with Crippen LogP contribution in [0.3, 0.4) is 0 Å². The molecule has 0 radical (unpaired) electrons. The van der Waals surface area contributed by atoms with Crippen molar-refractivity contribution in [3.8, 4) is 0 Å². The third-order valence-corrected chi connectivity index (χ3v) is 5.03. The molecule has 1 N–H and O–H groups in total. The molecule has 2 rings (SSSR count). The Bertz CT molecular complexity index is 277. The molecule has 1 atom stereocenters. The van der Waals surface area contributed by atoms with Crippen molar-refractivity contribution in [3.63, 3.8) is 0 Å². The smallest absolute Gasteiger partial charge is 0.251 e. The number of rotatable bonds is 3. The van der Waals surface area contributed by atoms with Crippen molar-refractivity contribution in [2.45, 2.75) is 69.9 Å². The monoisotopic (exact) mass is 260 g/mol. The van der Waals surface area contributed by atoms with Gasteiger partial charge in [0, 0.05) is 24.2 Å². The standard InChI is InChI=1S/C14H26F2N2/c1-3-13(2)10-17-14(7-5-4-6-8-14)11-18(13)9-12(15)16/h12,17H,3-11H2,1-2H3. The van der Waals surface area contributed by atoms with E-state index in [0.717, 1.165) is 32.4 Å². The van der Waals surface area contributed by atoms with E-state index >= 15 is 0 Å². The molecule has 18 heavy (non-hydrogen) atoms. The van der Waals surface area contributed by atoms with Gasteiger partial charge in [0.25, 0.3) is 6.43 Å². The maximum absolute atomic E-state index is 12.8. The lowest BCUT2D eigenvalue weighted by Crippen LogP contribution is -2.69. The van der Waals surface area contributed by atoms with Gasteiger partial charge in [0.05, 0.1) is 6.54 Å². The first-order chi connectivity index (χ1) is 8.50. The summed E-state index contributed by atoms with van der Waals surface area (Å²) in [4.78, 5) is 2.04. The van der Waals surface area contributed by atoms with E-state index in [4.69, 9.17) is 0 Å². The fourth-order valence-corrected chi connectivity index (χ4v) is 3.47. The molecule has 1 spiro atoms. The van der Waals surface area contributed by atoms with Crippen molar-refractivity contribution in [1.82, 2.24) is 10.2 Å². The zero-order valence-corrected chi connectivity index (χ0v) is 11.6. The minimum absolute atomic E-state index is 0.0756. The molecule has 2 fully saturated rings. The first-order valence-corrected chi connectivity index (χ1v) is 7.28. The molecule has 1 aliphatic carbocycles. The van der Waals surface area contributed by atoms with Crippen molar-refractivity contribution < 1.29 is 8.78 Å². The van der Waals surface area contributed by atoms with Crippen LogP contribution >= 0.6 is 0 Å². The molecule has 1 aliphatic heterocycles. The summed E-state index contributed by atoms with van der Waals surface area (Å²) in [6, 6.07) is 0. The predicted octanol–water partition coefficient (Wildman–Crippen LogP) is 3.03. The van der Waals surface area contributed by atoms with Crippen molar-refractivity contribution in [3.05, 3.63) is 0 Å². The van der Waals surface area contributed by atoms with Gasteiger partial charge < -0.3 is 5.32 Å². The molecular formula is C14H26F2N2. The Kier molecular flexibility index (Phi) is 4.27. The molecule has 1 unspecified atom stereocenters. The Morgan fingerprint density at radius 3 is 2.44 bits per heavy atom. The molecule has 1 saturated carbocycles. The van der Waals surface area contributed by atoms with Crippen LogP contribution in [0.2, 0.25) is 0 Å². The Hall–Kier alpha value is -0.220. The van der Waals surface area contributed by atoms with E-state index in [9.17, 15) is 8.78 Å². The second-order valence-electron chi connectivity index (χ2n) is 6.32. The second kappa shape index (κ2) is 5.41. The molecule has 0 aromatic rings. The predicted molar refractivity (Wildman–Crippen MR) is 70.1 cm³/mol. The lowest BCUT2D eigenvalue weighted by molar-refractivity contribution is -0.0353. The summed E-state index contributed by atoms with van der Waals surface area (Å²) >= 11 is 0. The third-order valence-electron chi connectivity index (χ3n) is 5.03. The van der Waals surface area contributed by atoms with Crippen LogP contribution < -0.4 is 5.32 Å². The molecule has 2 aliphatic rings. The highest BCUT2D eigenvalue weighted by Gasteiger charge is 2.44. The zero-order chi connectivity index (χ0) is 13.2. The van der Waals surface area contributed by atoms with Crippen LogP contribution in [0, 0.1) is 0 Å². The van der Waals surface area contributed by atoms with Gasteiger partial charge in [-0.05, 0) is 26.2 Å². The van der Waals surface area contributed by atoms with E-state index in [-0.39, 0.29) is 17.6 Å². The van der Waals surface area contributed by atoms with E-state index in [2.05, 4.69) is 19.2 Å². The van der Waals surface area contributed by atoms with Crippen LogP contribution in [0.4, 0.5) is 8.78 Å². The number of halogens is 2. The fourth-order valence-electron chi connectivity index (χ4n) is 3.47.